The maximum absolute atomic E-state index is 13.2. The molecular weight excluding hydrogens is 446 g/mol. The molecule has 3 heterocycles. The zero-order valence-corrected chi connectivity index (χ0v) is 20.6. The Morgan fingerprint density at radius 1 is 0.941 bits per heavy atom. The highest BCUT2D eigenvalue weighted by Crippen LogP contribution is 2.26. The van der Waals surface area contributed by atoms with Crippen LogP contribution in [-0.4, -0.2) is 40.3 Å². The molecular formula is C27H34ClN5O. The van der Waals surface area contributed by atoms with Crippen molar-refractivity contribution in [2.45, 2.75) is 64.3 Å². The van der Waals surface area contributed by atoms with Gasteiger partial charge in [0.2, 0.25) is 0 Å². The molecule has 180 valence electrons. The Hall–Kier alpha value is -2.60. The number of carbonyl (C=O) groups is 1. The first-order valence-corrected chi connectivity index (χ1v) is 13.2. The minimum Gasteiger partial charge on any atom is -0.357 e. The van der Waals surface area contributed by atoms with E-state index in [-0.39, 0.29) is 5.91 Å². The van der Waals surface area contributed by atoms with Crippen molar-refractivity contribution in [2.75, 3.05) is 24.5 Å². The van der Waals surface area contributed by atoms with E-state index in [0.29, 0.717) is 23.2 Å². The van der Waals surface area contributed by atoms with E-state index in [1.165, 1.54) is 57.8 Å². The lowest BCUT2D eigenvalue weighted by atomic mass is 9.89. The molecule has 1 amide bonds. The number of benzene rings is 1. The van der Waals surface area contributed by atoms with Crippen LogP contribution in [0.5, 0.6) is 0 Å². The van der Waals surface area contributed by atoms with E-state index >= 15 is 0 Å². The lowest BCUT2D eigenvalue weighted by Gasteiger charge is -2.21. The molecule has 0 spiro atoms. The average molecular weight is 480 g/mol. The van der Waals surface area contributed by atoms with Crippen LogP contribution in [-0.2, 0) is 6.54 Å². The van der Waals surface area contributed by atoms with Crippen molar-refractivity contribution >= 4 is 34.4 Å². The predicted molar refractivity (Wildman–Crippen MR) is 138 cm³/mol. The third-order valence-corrected chi connectivity index (χ3v) is 7.50. The summed E-state index contributed by atoms with van der Waals surface area (Å²) >= 11 is 6.08. The third kappa shape index (κ3) is 5.38. The monoisotopic (exact) mass is 479 g/mol. The molecule has 3 aromatic rings. The van der Waals surface area contributed by atoms with Crippen molar-refractivity contribution in [3.63, 3.8) is 0 Å². The lowest BCUT2D eigenvalue weighted by Crippen LogP contribution is -2.30. The zero-order valence-electron chi connectivity index (χ0n) is 19.8. The van der Waals surface area contributed by atoms with Gasteiger partial charge in [-0.3, -0.25) is 4.79 Å². The van der Waals surface area contributed by atoms with Crippen LogP contribution < -0.4 is 10.2 Å². The first kappa shape index (κ1) is 23.2. The topological polar surface area (TPSA) is 63.1 Å². The summed E-state index contributed by atoms with van der Waals surface area (Å²) in [7, 11) is 0. The predicted octanol–water partition coefficient (Wildman–Crippen LogP) is 5.82. The highest BCUT2D eigenvalue weighted by Gasteiger charge is 2.22. The van der Waals surface area contributed by atoms with Crippen LogP contribution in [0.1, 0.15) is 73.8 Å². The van der Waals surface area contributed by atoms with Gasteiger partial charge in [-0.15, -0.1) is 0 Å². The molecule has 0 bridgehead atoms. The second kappa shape index (κ2) is 10.8. The van der Waals surface area contributed by atoms with Crippen LogP contribution in [0.2, 0.25) is 5.02 Å². The smallest absolute Gasteiger partial charge is 0.272 e. The van der Waals surface area contributed by atoms with Crippen molar-refractivity contribution < 1.29 is 4.79 Å². The fraction of sp³-hybridized carbons (Fsp3) is 0.519. The Morgan fingerprint density at radius 2 is 1.65 bits per heavy atom. The van der Waals surface area contributed by atoms with Gasteiger partial charge in [0, 0.05) is 24.7 Å². The van der Waals surface area contributed by atoms with Gasteiger partial charge in [0.25, 0.3) is 5.91 Å². The number of aromatic nitrogens is 3. The zero-order chi connectivity index (χ0) is 23.3. The third-order valence-electron chi connectivity index (χ3n) is 7.25. The van der Waals surface area contributed by atoms with Crippen LogP contribution in [0.25, 0.3) is 11.0 Å². The Balaban J connectivity index is 1.44. The number of hydrogen-bond acceptors (Lipinski definition) is 4. The SMILES string of the molecule is O=C(NCC1CCCCC1)c1nn(Cc2ccc(Cl)cc2)c2nc(N3CCCCCC3)ccc12. The van der Waals surface area contributed by atoms with Gasteiger partial charge in [0.05, 0.1) is 11.9 Å². The van der Waals surface area contributed by atoms with Crippen molar-refractivity contribution in [1.82, 2.24) is 20.1 Å². The normalized spacial score (nSPS) is 17.6. The fourth-order valence-electron chi connectivity index (χ4n) is 5.27. The summed E-state index contributed by atoms with van der Waals surface area (Å²) in [6.45, 7) is 3.32. The van der Waals surface area contributed by atoms with Crippen molar-refractivity contribution in [2.24, 2.45) is 5.92 Å². The van der Waals surface area contributed by atoms with E-state index in [2.05, 4.69) is 16.3 Å². The molecule has 2 aliphatic rings. The fourth-order valence-corrected chi connectivity index (χ4v) is 5.40. The van der Waals surface area contributed by atoms with E-state index in [1.54, 1.807) is 0 Å². The quantitative estimate of drug-likeness (QED) is 0.483. The number of pyridine rings is 1. The minimum atomic E-state index is -0.102. The van der Waals surface area contributed by atoms with E-state index in [1.807, 2.05) is 35.0 Å². The average Bonchev–Trinajstić information content (AvgIpc) is 3.03. The molecule has 1 saturated heterocycles. The Kier molecular flexibility index (Phi) is 7.33. The molecule has 1 aromatic carbocycles. The molecule has 2 fully saturated rings. The van der Waals surface area contributed by atoms with Crippen LogP contribution in [0.15, 0.2) is 36.4 Å². The lowest BCUT2D eigenvalue weighted by molar-refractivity contribution is 0.0939. The second-order valence-corrected chi connectivity index (χ2v) is 10.2. The summed E-state index contributed by atoms with van der Waals surface area (Å²) in [4.78, 5) is 20.6. The first-order chi connectivity index (χ1) is 16.7. The van der Waals surface area contributed by atoms with E-state index in [4.69, 9.17) is 21.7 Å². The maximum Gasteiger partial charge on any atom is 0.272 e. The van der Waals surface area contributed by atoms with Crippen molar-refractivity contribution in [1.29, 1.82) is 0 Å². The van der Waals surface area contributed by atoms with Crippen molar-refractivity contribution in [3.05, 3.63) is 52.7 Å². The van der Waals surface area contributed by atoms with Crippen LogP contribution in [0.3, 0.4) is 0 Å². The van der Waals surface area contributed by atoms with E-state index < -0.39 is 0 Å². The molecule has 1 aliphatic carbocycles. The molecule has 1 aliphatic heterocycles. The van der Waals surface area contributed by atoms with Crippen LogP contribution in [0, 0.1) is 5.92 Å². The highest BCUT2D eigenvalue weighted by molar-refractivity contribution is 6.30. The number of amides is 1. The molecule has 0 atom stereocenters. The number of nitrogens with one attached hydrogen (secondary N) is 1. The van der Waals surface area contributed by atoms with Gasteiger partial charge < -0.3 is 10.2 Å². The number of nitrogens with zero attached hydrogens (tertiary/aromatic N) is 4. The number of hydrogen-bond donors (Lipinski definition) is 1. The van der Waals surface area contributed by atoms with Gasteiger partial charge in [0.1, 0.15) is 5.82 Å². The van der Waals surface area contributed by atoms with E-state index in [9.17, 15) is 4.79 Å². The molecule has 7 heteroatoms. The largest absolute Gasteiger partial charge is 0.357 e. The van der Waals surface area contributed by atoms with Crippen LogP contribution >= 0.6 is 11.6 Å². The minimum absolute atomic E-state index is 0.102. The summed E-state index contributed by atoms with van der Waals surface area (Å²) in [5.74, 6) is 1.45. The molecule has 1 N–H and O–H groups in total. The molecule has 2 aromatic heterocycles. The van der Waals surface area contributed by atoms with Gasteiger partial charge >= 0.3 is 0 Å². The molecule has 6 nitrogen and oxygen atoms in total. The van der Waals surface area contributed by atoms with E-state index in [0.717, 1.165) is 42.0 Å². The number of anilines is 1. The summed E-state index contributed by atoms with van der Waals surface area (Å²) in [6.07, 6.45) is 11.2. The summed E-state index contributed by atoms with van der Waals surface area (Å²) in [5, 5.41) is 9.45. The summed E-state index contributed by atoms with van der Waals surface area (Å²) in [5.41, 5.74) is 2.30. The molecule has 0 unspecified atom stereocenters. The van der Waals surface area contributed by atoms with Gasteiger partial charge in [0.15, 0.2) is 11.3 Å². The van der Waals surface area contributed by atoms with Crippen LogP contribution in [0.4, 0.5) is 5.82 Å². The summed E-state index contributed by atoms with van der Waals surface area (Å²) < 4.78 is 1.87. The Labute approximate surface area is 206 Å². The second-order valence-electron chi connectivity index (χ2n) is 9.79. The van der Waals surface area contributed by atoms with Crippen molar-refractivity contribution in [3.8, 4) is 0 Å². The summed E-state index contributed by atoms with van der Waals surface area (Å²) in [6, 6.07) is 11.9. The molecule has 5 rings (SSSR count). The Morgan fingerprint density at radius 3 is 2.38 bits per heavy atom. The number of fused-ring (bicyclic) bond motifs is 1. The van der Waals surface area contributed by atoms with Gasteiger partial charge in [-0.05, 0) is 61.4 Å². The molecule has 0 radical (unpaired) electrons. The Bertz CT molecular complexity index is 1110. The first-order valence-electron chi connectivity index (χ1n) is 12.8. The van der Waals surface area contributed by atoms with Gasteiger partial charge in [-0.25, -0.2) is 9.67 Å². The molecule has 1 saturated carbocycles. The number of carbonyl (C=O) groups excluding carboxylic acids is 1. The number of halogens is 1. The van der Waals surface area contributed by atoms with Gasteiger partial charge in [-0.2, -0.15) is 5.10 Å². The number of rotatable bonds is 6. The molecule has 34 heavy (non-hydrogen) atoms. The standard InChI is InChI=1S/C27H34ClN5O/c28-22-12-10-21(11-13-22)19-33-26-23(14-15-24(30-26)32-16-6-1-2-7-17-32)25(31-33)27(34)29-18-20-8-4-3-5-9-20/h10-15,20H,1-9,16-19H2,(H,29,34). The maximum atomic E-state index is 13.2. The highest BCUT2D eigenvalue weighted by atomic mass is 35.5. The van der Waals surface area contributed by atoms with Gasteiger partial charge in [-0.1, -0.05) is 55.8 Å².